The van der Waals surface area contributed by atoms with Crippen LogP contribution in [0.25, 0.3) is 10.8 Å². The minimum atomic E-state index is -0.214. The van der Waals surface area contributed by atoms with E-state index in [2.05, 4.69) is 0 Å². The van der Waals surface area contributed by atoms with Gasteiger partial charge in [0.1, 0.15) is 5.75 Å². The van der Waals surface area contributed by atoms with E-state index < -0.39 is 0 Å². The molecule has 2 aliphatic rings. The Morgan fingerprint density at radius 3 is 1.92 bits per heavy atom. The van der Waals surface area contributed by atoms with Crippen LogP contribution in [-0.4, -0.2) is 23.8 Å². The Hall–Kier alpha value is -3.14. The molecule has 0 radical (unpaired) electrons. The van der Waals surface area contributed by atoms with E-state index in [1.807, 2.05) is 48.5 Å². The average molecular weight is 343 g/mol. The van der Waals surface area contributed by atoms with E-state index in [4.69, 9.17) is 4.74 Å². The third-order valence-corrected chi connectivity index (χ3v) is 5.45. The normalized spacial score (nSPS) is 15.0. The topological polar surface area (TPSA) is 46.6 Å². The van der Waals surface area contributed by atoms with Crippen molar-refractivity contribution in [2.45, 2.75) is 19.4 Å². The zero-order chi connectivity index (χ0) is 17.8. The summed E-state index contributed by atoms with van der Waals surface area (Å²) in [5.74, 6) is 0.321. The Balaban J connectivity index is 1.60. The number of rotatable bonds is 3. The van der Waals surface area contributed by atoms with Crippen LogP contribution < -0.4 is 4.74 Å². The first kappa shape index (κ1) is 15.1. The second-order valence-corrected chi connectivity index (χ2v) is 6.84. The molecule has 4 nitrogen and oxygen atoms in total. The van der Waals surface area contributed by atoms with E-state index in [1.54, 1.807) is 7.11 Å². The van der Waals surface area contributed by atoms with Crippen LogP contribution in [0.3, 0.4) is 0 Å². The lowest BCUT2D eigenvalue weighted by Gasteiger charge is -2.27. The Morgan fingerprint density at radius 2 is 1.38 bits per heavy atom. The van der Waals surface area contributed by atoms with E-state index in [0.29, 0.717) is 11.1 Å². The lowest BCUT2D eigenvalue weighted by atomic mass is 9.91. The van der Waals surface area contributed by atoms with Crippen molar-refractivity contribution in [1.29, 1.82) is 0 Å². The zero-order valence-corrected chi connectivity index (χ0v) is 14.4. The number of amides is 2. The Bertz CT molecular complexity index is 1020. The highest BCUT2D eigenvalue weighted by molar-refractivity contribution is 6.26. The molecular formula is C22H17NO3. The third-order valence-electron chi connectivity index (χ3n) is 5.45. The summed E-state index contributed by atoms with van der Waals surface area (Å²) in [6, 6.07) is 15.3. The van der Waals surface area contributed by atoms with Gasteiger partial charge >= 0.3 is 0 Å². The van der Waals surface area contributed by atoms with Crippen LogP contribution in [0.2, 0.25) is 0 Å². The number of ether oxygens (including phenoxy) is 1. The van der Waals surface area contributed by atoms with E-state index >= 15 is 0 Å². The predicted octanol–water partition coefficient (Wildman–Crippen LogP) is 3.74. The molecule has 128 valence electrons. The first-order valence-corrected chi connectivity index (χ1v) is 8.74. The van der Waals surface area contributed by atoms with Gasteiger partial charge in [0.2, 0.25) is 0 Å². The fraction of sp³-hybridized carbons (Fsp3) is 0.182. The number of carbonyl (C=O) groups is 2. The molecule has 1 aliphatic carbocycles. The number of imide groups is 1. The highest BCUT2D eigenvalue weighted by Gasteiger charge is 2.34. The van der Waals surface area contributed by atoms with Crippen LogP contribution in [0, 0.1) is 0 Å². The van der Waals surface area contributed by atoms with Gasteiger partial charge in [-0.25, -0.2) is 0 Å². The lowest BCUT2D eigenvalue weighted by molar-refractivity contribution is 0.0598. The molecule has 1 heterocycles. The first-order chi connectivity index (χ1) is 12.7. The number of hydrogen-bond donors (Lipinski definition) is 0. The van der Waals surface area contributed by atoms with Crippen LogP contribution in [0.5, 0.6) is 5.75 Å². The smallest absolute Gasteiger partial charge is 0.261 e. The van der Waals surface area contributed by atoms with Gasteiger partial charge < -0.3 is 4.74 Å². The second kappa shape index (κ2) is 5.43. The maximum absolute atomic E-state index is 13.1. The molecule has 3 aromatic carbocycles. The molecule has 3 aromatic rings. The summed E-state index contributed by atoms with van der Waals surface area (Å²) in [6.07, 6.45) is 1.96. The Morgan fingerprint density at radius 1 is 0.808 bits per heavy atom. The molecule has 0 bridgehead atoms. The first-order valence-electron chi connectivity index (χ1n) is 8.74. The maximum atomic E-state index is 13.1. The molecule has 1 aliphatic heterocycles. The molecule has 0 fully saturated rings. The summed E-state index contributed by atoms with van der Waals surface area (Å²) in [5.41, 5.74) is 4.64. The van der Waals surface area contributed by atoms with Crippen molar-refractivity contribution in [1.82, 2.24) is 4.90 Å². The van der Waals surface area contributed by atoms with E-state index in [-0.39, 0.29) is 18.4 Å². The van der Waals surface area contributed by atoms with Crippen LogP contribution in [0.4, 0.5) is 0 Å². The van der Waals surface area contributed by atoms with Gasteiger partial charge in [-0.05, 0) is 59.2 Å². The fourth-order valence-corrected chi connectivity index (χ4v) is 4.13. The van der Waals surface area contributed by atoms with Crippen molar-refractivity contribution in [3.05, 3.63) is 76.3 Å². The maximum Gasteiger partial charge on any atom is 0.261 e. The standard InChI is InChI=1S/C22H17NO3/c1-26-16-8-2-13(3-9-16)12-23-21(24)17-10-6-14-4-5-15-7-11-18(22(23)25)20(17)19(14)15/h2-3,6-11H,4-5,12H2,1H3. The van der Waals surface area contributed by atoms with Gasteiger partial charge in [0.25, 0.3) is 11.8 Å². The van der Waals surface area contributed by atoms with Crippen LogP contribution in [0.15, 0.2) is 48.5 Å². The van der Waals surface area contributed by atoms with Crippen LogP contribution >= 0.6 is 0 Å². The fourth-order valence-electron chi connectivity index (χ4n) is 4.13. The SMILES string of the molecule is COc1ccc(CN2C(=O)c3ccc4c5c(ccc(c35)C2=O)CC4)cc1. The summed E-state index contributed by atoms with van der Waals surface area (Å²) in [5, 5.41) is 1.96. The quantitative estimate of drug-likeness (QED) is 0.681. The van der Waals surface area contributed by atoms with Crippen molar-refractivity contribution in [3.8, 4) is 5.75 Å². The summed E-state index contributed by atoms with van der Waals surface area (Å²) < 4.78 is 5.17. The molecule has 0 N–H and O–H groups in total. The molecule has 26 heavy (non-hydrogen) atoms. The summed E-state index contributed by atoms with van der Waals surface area (Å²) >= 11 is 0. The molecule has 0 unspecified atom stereocenters. The molecule has 0 saturated carbocycles. The second-order valence-electron chi connectivity index (χ2n) is 6.84. The van der Waals surface area contributed by atoms with Crippen LogP contribution in [0.1, 0.15) is 37.4 Å². The number of carbonyl (C=O) groups excluding carboxylic acids is 2. The lowest BCUT2D eigenvalue weighted by Crippen LogP contribution is -2.39. The minimum Gasteiger partial charge on any atom is -0.497 e. The number of nitrogens with zero attached hydrogens (tertiary/aromatic N) is 1. The van der Waals surface area contributed by atoms with Gasteiger partial charge in [0.05, 0.1) is 13.7 Å². The molecule has 2 amide bonds. The largest absolute Gasteiger partial charge is 0.497 e. The van der Waals surface area contributed by atoms with Gasteiger partial charge in [0.15, 0.2) is 0 Å². The van der Waals surface area contributed by atoms with Crippen molar-refractivity contribution < 1.29 is 14.3 Å². The molecule has 0 spiro atoms. The van der Waals surface area contributed by atoms with Crippen molar-refractivity contribution >= 4 is 22.6 Å². The van der Waals surface area contributed by atoms with E-state index in [1.165, 1.54) is 16.0 Å². The third kappa shape index (κ3) is 2.02. The van der Waals surface area contributed by atoms with E-state index in [0.717, 1.165) is 34.9 Å². The van der Waals surface area contributed by atoms with Gasteiger partial charge in [-0.15, -0.1) is 0 Å². The van der Waals surface area contributed by atoms with Gasteiger partial charge in [-0.1, -0.05) is 24.3 Å². The highest BCUT2D eigenvalue weighted by Crippen LogP contribution is 2.38. The summed E-state index contributed by atoms with van der Waals surface area (Å²) in [4.78, 5) is 27.5. The summed E-state index contributed by atoms with van der Waals surface area (Å²) in [7, 11) is 1.61. The predicted molar refractivity (Wildman–Crippen MR) is 98.6 cm³/mol. The van der Waals surface area contributed by atoms with Crippen molar-refractivity contribution in [2.75, 3.05) is 7.11 Å². The van der Waals surface area contributed by atoms with E-state index in [9.17, 15) is 9.59 Å². The number of aryl methyl sites for hydroxylation is 2. The number of methoxy groups -OCH3 is 1. The minimum absolute atomic E-state index is 0.214. The molecule has 4 heteroatoms. The molecule has 0 atom stereocenters. The monoisotopic (exact) mass is 343 g/mol. The summed E-state index contributed by atoms with van der Waals surface area (Å²) in [6.45, 7) is 0.256. The Kier molecular flexibility index (Phi) is 3.16. The van der Waals surface area contributed by atoms with Crippen molar-refractivity contribution in [3.63, 3.8) is 0 Å². The molecule has 0 aromatic heterocycles. The van der Waals surface area contributed by atoms with Gasteiger partial charge in [0, 0.05) is 16.5 Å². The van der Waals surface area contributed by atoms with Crippen LogP contribution in [-0.2, 0) is 19.4 Å². The molecule has 5 rings (SSSR count). The van der Waals surface area contributed by atoms with Gasteiger partial charge in [-0.2, -0.15) is 0 Å². The number of benzene rings is 3. The average Bonchev–Trinajstić information content (AvgIpc) is 3.10. The number of hydrogen-bond acceptors (Lipinski definition) is 3. The Labute approximate surface area is 151 Å². The van der Waals surface area contributed by atoms with Gasteiger partial charge in [-0.3, -0.25) is 14.5 Å². The zero-order valence-electron chi connectivity index (χ0n) is 14.4. The molecular weight excluding hydrogens is 326 g/mol. The van der Waals surface area contributed by atoms with Crippen molar-refractivity contribution in [2.24, 2.45) is 0 Å². The highest BCUT2D eigenvalue weighted by atomic mass is 16.5. The molecule has 0 saturated heterocycles.